The Kier molecular flexibility index (Phi) is 6.30. The molecule has 0 spiro atoms. The number of aromatic nitrogens is 4. The number of aryl methyl sites for hydroxylation is 2. The van der Waals surface area contributed by atoms with Gasteiger partial charge in [0.15, 0.2) is 5.82 Å². The molecule has 1 aliphatic rings. The number of rotatable bonds is 7. The van der Waals surface area contributed by atoms with Crippen molar-refractivity contribution in [3.8, 4) is 0 Å². The molecular formula is C22H27ClF2N6O3. The average Bonchev–Trinajstić information content (AvgIpc) is 3.20. The number of hydrogen-bond acceptors (Lipinski definition) is 7. The van der Waals surface area contributed by atoms with E-state index < -0.39 is 37.1 Å². The van der Waals surface area contributed by atoms with Crippen LogP contribution in [0.4, 0.5) is 26.2 Å². The van der Waals surface area contributed by atoms with Crippen molar-refractivity contribution < 1.29 is 19.0 Å². The number of benzene rings is 1. The molecule has 0 saturated carbocycles. The van der Waals surface area contributed by atoms with Crippen molar-refractivity contribution in [2.45, 2.75) is 50.8 Å². The van der Waals surface area contributed by atoms with Crippen LogP contribution in [0, 0.1) is 0 Å². The van der Waals surface area contributed by atoms with Gasteiger partial charge < -0.3 is 20.4 Å². The predicted molar refractivity (Wildman–Crippen MR) is 126 cm³/mol. The lowest BCUT2D eigenvalue weighted by Gasteiger charge is -2.22. The Morgan fingerprint density at radius 3 is 2.74 bits per heavy atom. The standard InChI is InChI=1S/C22H27ClF2N6O3/c1-21(2,34)6-7-30-17-8-13(4-5-16(17)29(3)20(30)33)27-18-15(23)10-26-19(28-18)31-12-22(24,25)9-14(31)11-32/h4-5,8,10,14,32,34H,6-7,9,11-12H2,1-3H3,(H,26,27,28)/t14-/m1/s1. The van der Waals surface area contributed by atoms with E-state index in [2.05, 4.69) is 15.3 Å². The number of alkyl halides is 2. The van der Waals surface area contributed by atoms with Crippen LogP contribution in [0.25, 0.3) is 11.0 Å². The Hall–Kier alpha value is -2.76. The molecule has 1 aliphatic heterocycles. The van der Waals surface area contributed by atoms with E-state index in [1.54, 1.807) is 43.7 Å². The topological polar surface area (TPSA) is 108 Å². The number of fused-ring (bicyclic) bond motifs is 1. The van der Waals surface area contributed by atoms with Crippen molar-refractivity contribution in [3.63, 3.8) is 0 Å². The maximum absolute atomic E-state index is 13.9. The average molecular weight is 497 g/mol. The van der Waals surface area contributed by atoms with Crippen molar-refractivity contribution >= 4 is 40.1 Å². The highest BCUT2D eigenvalue weighted by molar-refractivity contribution is 6.32. The van der Waals surface area contributed by atoms with Gasteiger partial charge in [0, 0.05) is 25.7 Å². The van der Waals surface area contributed by atoms with Crippen LogP contribution >= 0.6 is 11.6 Å². The second-order valence-electron chi connectivity index (χ2n) is 9.28. The van der Waals surface area contributed by atoms with Crippen LogP contribution in [0.15, 0.2) is 29.2 Å². The Bertz CT molecular complexity index is 1270. The molecule has 1 saturated heterocycles. The number of nitrogens with zero attached hydrogens (tertiary/aromatic N) is 5. The summed E-state index contributed by atoms with van der Waals surface area (Å²) in [7, 11) is 1.68. The van der Waals surface area contributed by atoms with Gasteiger partial charge in [-0.3, -0.25) is 9.13 Å². The number of imidazole rings is 1. The second kappa shape index (κ2) is 8.79. The quantitative estimate of drug-likeness (QED) is 0.461. The van der Waals surface area contributed by atoms with Crippen LogP contribution in [0.5, 0.6) is 0 Å². The molecule has 0 unspecified atom stereocenters. The van der Waals surface area contributed by atoms with Gasteiger partial charge in [0.05, 0.1) is 42.0 Å². The van der Waals surface area contributed by atoms with Crippen LogP contribution in [0.3, 0.4) is 0 Å². The minimum Gasteiger partial charge on any atom is -0.394 e. The van der Waals surface area contributed by atoms with Gasteiger partial charge in [0.25, 0.3) is 5.92 Å². The summed E-state index contributed by atoms with van der Waals surface area (Å²) in [5, 5.41) is 22.9. The minimum absolute atomic E-state index is 0.0333. The summed E-state index contributed by atoms with van der Waals surface area (Å²) in [6, 6.07) is 4.49. The van der Waals surface area contributed by atoms with Gasteiger partial charge in [-0.05, 0) is 38.5 Å². The lowest BCUT2D eigenvalue weighted by Crippen LogP contribution is -2.34. The van der Waals surface area contributed by atoms with Gasteiger partial charge in [0.1, 0.15) is 5.02 Å². The molecule has 34 heavy (non-hydrogen) atoms. The lowest BCUT2D eigenvalue weighted by molar-refractivity contribution is 0.0200. The van der Waals surface area contributed by atoms with Crippen LogP contribution in [0.1, 0.15) is 26.7 Å². The molecule has 2 aromatic heterocycles. The molecule has 0 amide bonds. The van der Waals surface area contributed by atoms with Gasteiger partial charge in [-0.1, -0.05) is 11.6 Å². The number of hydrogen-bond donors (Lipinski definition) is 3. The molecule has 0 bridgehead atoms. The van der Waals surface area contributed by atoms with Crippen molar-refractivity contribution in [3.05, 3.63) is 39.9 Å². The van der Waals surface area contributed by atoms with Crippen LogP contribution < -0.4 is 15.9 Å². The van der Waals surface area contributed by atoms with Gasteiger partial charge in [-0.25, -0.2) is 18.6 Å². The number of aliphatic hydroxyl groups excluding tert-OH is 1. The highest BCUT2D eigenvalue weighted by atomic mass is 35.5. The van der Waals surface area contributed by atoms with E-state index in [0.717, 1.165) is 0 Å². The van der Waals surface area contributed by atoms with Crippen LogP contribution in [0.2, 0.25) is 5.02 Å². The van der Waals surface area contributed by atoms with E-state index in [0.29, 0.717) is 29.7 Å². The van der Waals surface area contributed by atoms with E-state index in [4.69, 9.17) is 11.6 Å². The molecule has 1 fully saturated rings. The van der Waals surface area contributed by atoms with Gasteiger partial charge in [-0.15, -0.1) is 0 Å². The largest absolute Gasteiger partial charge is 0.394 e. The molecule has 12 heteroatoms. The summed E-state index contributed by atoms with van der Waals surface area (Å²) in [5.41, 5.74) is 0.814. The SMILES string of the molecule is Cn1c(=O)n(CCC(C)(C)O)c2cc(Nc3nc(N4CC(F)(F)C[C@@H]4CO)ncc3Cl)ccc21. The molecule has 0 aliphatic carbocycles. The summed E-state index contributed by atoms with van der Waals surface area (Å²) in [6.07, 6.45) is 1.22. The smallest absolute Gasteiger partial charge is 0.328 e. The maximum Gasteiger partial charge on any atom is 0.328 e. The van der Waals surface area contributed by atoms with E-state index in [1.165, 1.54) is 15.7 Å². The third-order valence-electron chi connectivity index (χ3n) is 5.93. The van der Waals surface area contributed by atoms with Crippen LogP contribution in [-0.2, 0) is 13.6 Å². The van der Waals surface area contributed by atoms with Crippen molar-refractivity contribution in [1.29, 1.82) is 0 Å². The van der Waals surface area contributed by atoms with Crippen molar-refractivity contribution in [1.82, 2.24) is 19.1 Å². The van der Waals surface area contributed by atoms with E-state index in [9.17, 15) is 23.8 Å². The second-order valence-corrected chi connectivity index (χ2v) is 9.68. The lowest BCUT2D eigenvalue weighted by atomic mass is 10.1. The zero-order valence-electron chi connectivity index (χ0n) is 19.1. The summed E-state index contributed by atoms with van der Waals surface area (Å²) >= 11 is 6.27. The Labute approximate surface area is 199 Å². The first kappa shape index (κ1) is 24.4. The molecule has 3 N–H and O–H groups in total. The van der Waals surface area contributed by atoms with Gasteiger partial charge >= 0.3 is 5.69 Å². The molecule has 184 valence electrons. The molecule has 9 nitrogen and oxygen atoms in total. The van der Waals surface area contributed by atoms with Crippen LogP contribution in [-0.4, -0.2) is 60.0 Å². The number of anilines is 3. The fourth-order valence-electron chi connectivity index (χ4n) is 4.11. The molecule has 1 atom stereocenters. The monoisotopic (exact) mass is 496 g/mol. The first-order valence-corrected chi connectivity index (χ1v) is 11.2. The normalized spacial score (nSPS) is 18.1. The fraction of sp³-hybridized carbons (Fsp3) is 0.500. The first-order chi connectivity index (χ1) is 15.9. The van der Waals surface area contributed by atoms with Crippen molar-refractivity contribution in [2.24, 2.45) is 7.05 Å². The van der Waals surface area contributed by atoms with E-state index in [1.807, 2.05) is 0 Å². The number of aliphatic hydroxyl groups is 2. The number of nitrogens with one attached hydrogen (secondary N) is 1. The summed E-state index contributed by atoms with van der Waals surface area (Å²) in [4.78, 5) is 22.4. The fourth-order valence-corrected chi connectivity index (χ4v) is 4.24. The highest BCUT2D eigenvalue weighted by Crippen LogP contribution is 2.35. The molecule has 3 heterocycles. The van der Waals surface area contributed by atoms with E-state index in [-0.39, 0.29) is 22.5 Å². The first-order valence-electron chi connectivity index (χ1n) is 10.8. The third kappa shape index (κ3) is 4.86. The molecular weight excluding hydrogens is 470 g/mol. The molecule has 0 radical (unpaired) electrons. The molecule has 1 aromatic carbocycles. The molecule has 4 rings (SSSR count). The van der Waals surface area contributed by atoms with Gasteiger partial charge in [-0.2, -0.15) is 4.98 Å². The maximum atomic E-state index is 13.9. The van der Waals surface area contributed by atoms with Crippen molar-refractivity contribution in [2.75, 3.05) is 23.4 Å². The Morgan fingerprint density at radius 1 is 1.32 bits per heavy atom. The predicted octanol–water partition coefficient (Wildman–Crippen LogP) is 2.89. The number of halogens is 3. The Balaban J connectivity index is 1.66. The summed E-state index contributed by atoms with van der Waals surface area (Å²) in [6.45, 7) is 2.65. The minimum atomic E-state index is -2.95. The highest BCUT2D eigenvalue weighted by Gasteiger charge is 2.45. The van der Waals surface area contributed by atoms with Gasteiger partial charge in [0.2, 0.25) is 5.95 Å². The molecule has 3 aromatic rings. The summed E-state index contributed by atoms with van der Waals surface area (Å²) in [5.74, 6) is -2.71. The zero-order valence-corrected chi connectivity index (χ0v) is 19.9. The third-order valence-corrected chi connectivity index (χ3v) is 6.21. The zero-order chi connectivity index (χ0) is 24.8. The Morgan fingerprint density at radius 2 is 2.06 bits per heavy atom. The van der Waals surface area contributed by atoms with E-state index >= 15 is 0 Å². The summed E-state index contributed by atoms with van der Waals surface area (Å²) < 4.78 is 30.9.